The van der Waals surface area contributed by atoms with Gasteiger partial charge in [-0.15, -0.1) is 0 Å². The monoisotopic (exact) mass is 298 g/mol. The van der Waals surface area contributed by atoms with Crippen molar-refractivity contribution in [2.45, 2.75) is 32.3 Å². The molecule has 0 aromatic heterocycles. The van der Waals surface area contributed by atoms with Gasteiger partial charge in [0.15, 0.2) is 11.5 Å². The van der Waals surface area contributed by atoms with Gasteiger partial charge in [0.2, 0.25) is 0 Å². The van der Waals surface area contributed by atoms with Crippen LogP contribution < -0.4 is 9.78 Å². The Labute approximate surface area is 129 Å². The summed E-state index contributed by atoms with van der Waals surface area (Å²) in [6.45, 7) is 5.60. The van der Waals surface area contributed by atoms with E-state index in [0.717, 1.165) is 11.1 Å². The van der Waals surface area contributed by atoms with Crippen molar-refractivity contribution >= 4 is 5.97 Å². The molecule has 2 aromatic rings. The molecule has 0 atom stereocenters. The molecule has 0 spiro atoms. The van der Waals surface area contributed by atoms with Crippen LogP contribution in [0.3, 0.4) is 0 Å². The predicted octanol–water partition coefficient (Wildman–Crippen LogP) is 3.85. The molecule has 4 nitrogen and oxygen atoms in total. The average molecular weight is 298 g/mol. The predicted molar refractivity (Wildman–Crippen MR) is 81.8 cm³/mol. The first-order valence-corrected chi connectivity index (χ1v) is 7.20. The molecule has 0 N–H and O–H groups in total. The van der Waals surface area contributed by atoms with E-state index in [0.29, 0.717) is 11.5 Å². The molecular formula is C18H18O4. The lowest BCUT2D eigenvalue weighted by Crippen LogP contribution is -2.28. The van der Waals surface area contributed by atoms with Crippen LogP contribution in [0.4, 0.5) is 0 Å². The summed E-state index contributed by atoms with van der Waals surface area (Å²) < 4.78 is 5.58. The van der Waals surface area contributed by atoms with Crippen molar-refractivity contribution in [2.24, 2.45) is 0 Å². The van der Waals surface area contributed by atoms with Gasteiger partial charge in [-0.1, -0.05) is 24.3 Å². The van der Waals surface area contributed by atoms with Crippen LogP contribution in [0.2, 0.25) is 0 Å². The molecule has 2 aromatic carbocycles. The Morgan fingerprint density at radius 3 is 1.64 bits per heavy atom. The summed E-state index contributed by atoms with van der Waals surface area (Å²) in [7, 11) is 0. The molecule has 0 amide bonds. The van der Waals surface area contributed by atoms with Gasteiger partial charge in [0.05, 0.1) is 0 Å². The van der Waals surface area contributed by atoms with Crippen LogP contribution in [-0.2, 0) is 9.53 Å². The maximum atomic E-state index is 12.7. The molecule has 0 radical (unpaired) electrons. The van der Waals surface area contributed by atoms with Crippen LogP contribution in [-0.4, -0.2) is 11.6 Å². The van der Waals surface area contributed by atoms with E-state index >= 15 is 0 Å². The van der Waals surface area contributed by atoms with Crippen LogP contribution in [0, 0.1) is 0 Å². The van der Waals surface area contributed by atoms with Gasteiger partial charge >= 0.3 is 5.97 Å². The number of hydrogen-bond donors (Lipinski definition) is 0. The quantitative estimate of drug-likeness (QED) is 0.592. The molecule has 4 heteroatoms. The molecule has 4 bridgehead atoms. The highest BCUT2D eigenvalue weighted by Crippen LogP contribution is 2.31. The summed E-state index contributed by atoms with van der Waals surface area (Å²) in [5.74, 6) is 0.419. The topological polar surface area (TPSA) is 44.8 Å². The zero-order chi connectivity index (χ0) is 15.7. The molecule has 4 aliphatic heterocycles. The minimum atomic E-state index is -0.532. The summed E-state index contributed by atoms with van der Waals surface area (Å²) in [6, 6.07) is 14.5. The highest BCUT2D eigenvalue weighted by Gasteiger charge is 2.28. The van der Waals surface area contributed by atoms with Crippen LogP contribution >= 0.6 is 0 Å². The number of ether oxygens (including phenoxy) is 1. The maximum Gasteiger partial charge on any atom is 0.318 e. The van der Waals surface area contributed by atoms with E-state index in [9.17, 15) is 4.79 Å². The zero-order valence-corrected chi connectivity index (χ0v) is 12.8. The lowest BCUT2D eigenvalue weighted by molar-refractivity contribution is -0.155. The molecule has 6 rings (SSSR count). The van der Waals surface area contributed by atoms with E-state index in [-0.39, 0.29) is 5.97 Å². The largest absolute Gasteiger partial charge is 0.459 e. The van der Waals surface area contributed by atoms with Gasteiger partial charge < -0.3 is 4.74 Å². The van der Waals surface area contributed by atoms with Crippen molar-refractivity contribution in [3.63, 3.8) is 0 Å². The molecule has 114 valence electrons. The Hall–Kier alpha value is -2.49. The van der Waals surface area contributed by atoms with E-state index in [1.807, 2.05) is 45.0 Å². The van der Waals surface area contributed by atoms with E-state index in [4.69, 9.17) is 14.5 Å². The Balaban J connectivity index is 2.06. The third-order valence-corrected chi connectivity index (χ3v) is 3.30. The van der Waals surface area contributed by atoms with Crippen molar-refractivity contribution in [3.05, 3.63) is 59.7 Å². The molecule has 4 aliphatic rings. The Bertz CT molecular complexity index is 618. The first-order chi connectivity index (χ1) is 10.4. The number of hydrogen-bond acceptors (Lipinski definition) is 4. The number of benzene rings is 2. The van der Waals surface area contributed by atoms with Gasteiger partial charge in [-0.3, -0.25) is 14.6 Å². The average Bonchev–Trinajstić information content (AvgIpc) is 2.54. The Kier molecular flexibility index (Phi) is 3.53. The zero-order valence-electron chi connectivity index (χ0n) is 12.8. The van der Waals surface area contributed by atoms with Crippen molar-refractivity contribution in [3.8, 4) is 11.5 Å². The number of rotatable bonds is 1. The van der Waals surface area contributed by atoms with Crippen LogP contribution in [0.25, 0.3) is 0 Å². The van der Waals surface area contributed by atoms with Gasteiger partial charge in [-0.2, -0.15) is 0 Å². The second kappa shape index (κ2) is 5.37. The first-order valence-electron chi connectivity index (χ1n) is 7.20. The van der Waals surface area contributed by atoms with E-state index in [1.165, 1.54) is 0 Å². The van der Waals surface area contributed by atoms with Crippen LogP contribution in [0.15, 0.2) is 48.5 Å². The van der Waals surface area contributed by atoms with Gasteiger partial charge in [0, 0.05) is 0 Å². The standard InChI is InChI=1S/C18H18O4/c1-18(2,3)20-17(19)16-12-4-8-14(9-5-12)21-22-15-10-6-13(16)7-11-15/h4-11,16H,1-3H3. The first kappa shape index (κ1) is 14.4. The molecule has 4 heterocycles. The fraction of sp³-hybridized carbons (Fsp3) is 0.278. The fourth-order valence-corrected chi connectivity index (χ4v) is 2.35. The minimum Gasteiger partial charge on any atom is -0.459 e. The summed E-state index contributed by atoms with van der Waals surface area (Å²) in [4.78, 5) is 23.1. The van der Waals surface area contributed by atoms with Crippen molar-refractivity contribution in [2.75, 3.05) is 0 Å². The Morgan fingerprint density at radius 2 is 1.27 bits per heavy atom. The SMILES string of the molecule is CC(C)(C)OC(=O)C1c2ccc(cc2)OOc2ccc1cc2. The van der Waals surface area contributed by atoms with E-state index in [1.54, 1.807) is 24.3 Å². The van der Waals surface area contributed by atoms with E-state index in [2.05, 4.69) is 0 Å². The molecule has 0 unspecified atom stereocenters. The molecule has 0 saturated heterocycles. The normalized spacial score (nSPS) is 14.0. The molecular weight excluding hydrogens is 280 g/mol. The highest BCUT2D eigenvalue weighted by molar-refractivity contribution is 5.82. The summed E-state index contributed by atoms with van der Waals surface area (Å²) in [5, 5.41) is 0. The third kappa shape index (κ3) is 3.06. The lowest BCUT2D eigenvalue weighted by atomic mass is 9.91. The third-order valence-electron chi connectivity index (χ3n) is 3.30. The van der Waals surface area contributed by atoms with Gasteiger partial charge in [0.1, 0.15) is 11.5 Å². The Morgan fingerprint density at radius 1 is 0.864 bits per heavy atom. The second-order valence-corrected chi connectivity index (χ2v) is 6.27. The molecule has 0 fully saturated rings. The summed E-state index contributed by atoms with van der Waals surface area (Å²) in [5.41, 5.74) is 1.18. The maximum absolute atomic E-state index is 12.7. The van der Waals surface area contributed by atoms with E-state index < -0.39 is 11.5 Å². The number of esters is 1. The van der Waals surface area contributed by atoms with Crippen molar-refractivity contribution < 1.29 is 19.3 Å². The summed E-state index contributed by atoms with van der Waals surface area (Å²) >= 11 is 0. The van der Waals surface area contributed by atoms with Crippen molar-refractivity contribution in [1.82, 2.24) is 0 Å². The molecule has 22 heavy (non-hydrogen) atoms. The highest BCUT2D eigenvalue weighted by atomic mass is 17.2. The van der Waals surface area contributed by atoms with Gasteiger partial charge in [-0.05, 0) is 56.2 Å². The number of carbonyl (C=O) groups is 1. The molecule has 0 saturated carbocycles. The number of carbonyl (C=O) groups excluding carboxylic acids is 1. The van der Waals surface area contributed by atoms with Gasteiger partial charge in [-0.25, -0.2) is 0 Å². The molecule has 0 aliphatic carbocycles. The summed E-state index contributed by atoms with van der Waals surface area (Å²) in [6.07, 6.45) is 0. The lowest BCUT2D eigenvalue weighted by Gasteiger charge is -2.24. The van der Waals surface area contributed by atoms with Gasteiger partial charge in [0.25, 0.3) is 0 Å². The van der Waals surface area contributed by atoms with Crippen LogP contribution in [0.5, 0.6) is 11.5 Å². The second-order valence-electron chi connectivity index (χ2n) is 6.27. The van der Waals surface area contributed by atoms with Crippen molar-refractivity contribution in [1.29, 1.82) is 0 Å². The smallest absolute Gasteiger partial charge is 0.318 e. The van der Waals surface area contributed by atoms with Crippen LogP contribution in [0.1, 0.15) is 37.8 Å². The fourth-order valence-electron chi connectivity index (χ4n) is 2.35. The minimum absolute atomic E-state index is 0.269.